The summed E-state index contributed by atoms with van der Waals surface area (Å²) in [7, 11) is 1.57. The monoisotopic (exact) mass is 270 g/mol. The van der Waals surface area contributed by atoms with Gasteiger partial charge in [0, 0.05) is 11.3 Å². The molecule has 0 aromatic heterocycles. The summed E-state index contributed by atoms with van der Waals surface area (Å²) in [6.45, 7) is 5.05. The molecule has 0 radical (unpaired) electrons. The Morgan fingerprint density at radius 1 is 1.50 bits per heavy atom. The van der Waals surface area contributed by atoms with Gasteiger partial charge < -0.3 is 14.8 Å². The van der Waals surface area contributed by atoms with Gasteiger partial charge in [-0.3, -0.25) is 0 Å². The number of benzene rings is 1. The molecule has 1 aromatic carbocycles. The number of nitrogens with zero attached hydrogens (tertiary/aromatic N) is 1. The summed E-state index contributed by atoms with van der Waals surface area (Å²) >= 11 is 0. The molecule has 0 amide bonds. The molecule has 102 valence electrons. The number of ether oxygens (including phenoxy) is 2. The fraction of sp³-hybridized carbons (Fsp3) is 0.200. The minimum absolute atomic E-state index is 0.236. The van der Waals surface area contributed by atoms with Crippen LogP contribution in [0.4, 0.5) is 5.69 Å². The fourth-order valence-electron chi connectivity index (χ4n) is 1.86. The number of nitriles is 1. The maximum Gasteiger partial charge on any atom is 0.356 e. The van der Waals surface area contributed by atoms with Gasteiger partial charge in [-0.15, -0.1) is 0 Å². The van der Waals surface area contributed by atoms with Gasteiger partial charge in [-0.2, -0.15) is 5.26 Å². The van der Waals surface area contributed by atoms with Crippen LogP contribution < -0.4 is 10.1 Å². The third-order valence-electron chi connectivity index (χ3n) is 2.87. The van der Waals surface area contributed by atoms with Gasteiger partial charge in [0.1, 0.15) is 11.8 Å². The van der Waals surface area contributed by atoms with E-state index in [1.165, 1.54) is 6.08 Å². The molecular formula is C15H14N2O3. The van der Waals surface area contributed by atoms with Crippen molar-refractivity contribution < 1.29 is 14.3 Å². The van der Waals surface area contributed by atoms with E-state index in [0.717, 1.165) is 5.56 Å². The summed E-state index contributed by atoms with van der Waals surface area (Å²) in [6, 6.07) is 7.25. The van der Waals surface area contributed by atoms with Crippen LogP contribution in [0, 0.1) is 11.3 Å². The third-order valence-corrected chi connectivity index (χ3v) is 2.87. The molecule has 0 fully saturated rings. The third kappa shape index (κ3) is 2.36. The predicted molar refractivity (Wildman–Crippen MR) is 74.9 cm³/mol. The molecule has 1 atom stereocenters. The molecule has 1 unspecified atom stereocenters. The number of fused-ring (bicyclic) bond motifs is 1. The van der Waals surface area contributed by atoms with Crippen molar-refractivity contribution in [2.24, 2.45) is 0 Å². The van der Waals surface area contributed by atoms with Crippen LogP contribution in [0.1, 0.15) is 12.5 Å². The van der Waals surface area contributed by atoms with Crippen molar-refractivity contribution in [3.8, 4) is 11.8 Å². The van der Waals surface area contributed by atoms with Crippen molar-refractivity contribution in [2.45, 2.75) is 12.5 Å². The highest BCUT2D eigenvalue weighted by Gasteiger charge is 2.40. The first-order chi connectivity index (χ1) is 9.50. The van der Waals surface area contributed by atoms with Gasteiger partial charge >= 0.3 is 5.97 Å². The van der Waals surface area contributed by atoms with Crippen LogP contribution in [-0.4, -0.2) is 18.6 Å². The van der Waals surface area contributed by atoms with E-state index in [1.807, 2.05) is 12.1 Å². The second-order valence-corrected chi connectivity index (χ2v) is 4.42. The van der Waals surface area contributed by atoms with E-state index in [2.05, 4.69) is 11.9 Å². The summed E-state index contributed by atoms with van der Waals surface area (Å²) in [4.78, 5) is 12.1. The van der Waals surface area contributed by atoms with Crippen molar-refractivity contribution in [1.29, 1.82) is 5.26 Å². The lowest BCUT2D eigenvalue weighted by Crippen LogP contribution is -2.45. The molecule has 20 heavy (non-hydrogen) atoms. The van der Waals surface area contributed by atoms with Gasteiger partial charge in [0.25, 0.3) is 0 Å². The van der Waals surface area contributed by atoms with Gasteiger partial charge in [0.2, 0.25) is 5.54 Å². The van der Waals surface area contributed by atoms with Crippen LogP contribution in [0.2, 0.25) is 0 Å². The van der Waals surface area contributed by atoms with Crippen molar-refractivity contribution in [3.63, 3.8) is 0 Å². The number of carbonyl (C=O) groups excluding carboxylic acids is 1. The number of allylic oxidation sites excluding steroid dienone is 1. The normalized spacial score (nSPS) is 19.2. The topological polar surface area (TPSA) is 71.4 Å². The van der Waals surface area contributed by atoms with Gasteiger partial charge in [0.05, 0.1) is 12.9 Å². The zero-order valence-electron chi connectivity index (χ0n) is 11.3. The average Bonchev–Trinajstić information content (AvgIpc) is 2.45. The lowest BCUT2D eigenvalue weighted by molar-refractivity contribution is -0.141. The molecule has 0 saturated heterocycles. The van der Waals surface area contributed by atoms with E-state index in [1.54, 1.807) is 32.2 Å². The summed E-state index contributed by atoms with van der Waals surface area (Å²) in [6.07, 6.45) is 3.16. The van der Waals surface area contributed by atoms with Crippen molar-refractivity contribution >= 4 is 17.7 Å². The van der Waals surface area contributed by atoms with Gasteiger partial charge in [-0.25, -0.2) is 4.79 Å². The SMILES string of the molecule is C=C(C)OC(=O)C1(C#N)C=Cc2cc(OC)ccc2N1. The summed E-state index contributed by atoms with van der Waals surface area (Å²) in [5.41, 5.74) is -0.0487. The molecule has 2 rings (SSSR count). The first-order valence-electron chi connectivity index (χ1n) is 5.95. The average molecular weight is 270 g/mol. The molecule has 0 saturated carbocycles. The molecule has 1 aliphatic rings. The first kappa shape index (κ1) is 13.7. The number of methoxy groups -OCH3 is 1. The number of hydrogen-bond acceptors (Lipinski definition) is 5. The number of anilines is 1. The van der Waals surface area contributed by atoms with Gasteiger partial charge in [-0.05, 0) is 31.2 Å². The quantitative estimate of drug-likeness (QED) is 0.674. The van der Waals surface area contributed by atoms with Gasteiger partial charge in [-0.1, -0.05) is 12.7 Å². The largest absolute Gasteiger partial charge is 0.497 e. The van der Waals surface area contributed by atoms with Crippen LogP contribution in [0.5, 0.6) is 5.75 Å². The minimum Gasteiger partial charge on any atom is -0.497 e. The molecule has 1 N–H and O–H groups in total. The Morgan fingerprint density at radius 2 is 2.25 bits per heavy atom. The van der Waals surface area contributed by atoms with Crippen molar-refractivity contribution in [3.05, 3.63) is 42.2 Å². The maximum absolute atomic E-state index is 12.1. The second kappa shape index (κ2) is 5.10. The smallest absolute Gasteiger partial charge is 0.356 e. The second-order valence-electron chi connectivity index (χ2n) is 4.42. The van der Waals surface area contributed by atoms with E-state index < -0.39 is 11.5 Å². The number of nitrogens with one attached hydrogen (secondary N) is 1. The molecule has 0 aliphatic carbocycles. The Bertz CT molecular complexity index is 643. The van der Waals surface area contributed by atoms with Crippen LogP contribution >= 0.6 is 0 Å². The maximum atomic E-state index is 12.1. The Balaban J connectivity index is 2.36. The lowest BCUT2D eigenvalue weighted by atomic mass is 9.94. The summed E-state index contributed by atoms with van der Waals surface area (Å²) in [5, 5.41) is 12.2. The zero-order valence-corrected chi connectivity index (χ0v) is 11.3. The fourth-order valence-corrected chi connectivity index (χ4v) is 1.86. The number of esters is 1. The zero-order chi connectivity index (χ0) is 14.8. The highest BCUT2D eigenvalue weighted by molar-refractivity contribution is 5.95. The Labute approximate surface area is 117 Å². The van der Waals surface area contributed by atoms with Crippen LogP contribution in [0.3, 0.4) is 0 Å². The number of hydrogen-bond donors (Lipinski definition) is 1. The Morgan fingerprint density at radius 3 is 2.85 bits per heavy atom. The molecule has 5 nitrogen and oxygen atoms in total. The van der Waals surface area contributed by atoms with Crippen LogP contribution in [0.25, 0.3) is 6.08 Å². The lowest BCUT2D eigenvalue weighted by Gasteiger charge is -2.28. The highest BCUT2D eigenvalue weighted by atomic mass is 16.5. The van der Waals surface area contributed by atoms with E-state index in [-0.39, 0.29) is 5.76 Å². The predicted octanol–water partition coefficient (Wildman–Crippen LogP) is 2.47. The van der Waals surface area contributed by atoms with Gasteiger partial charge in [0.15, 0.2) is 0 Å². The molecule has 1 aliphatic heterocycles. The summed E-state index contributed by atoms with van der Waals surface area (Å²) < 4.78 is 10.1. The first-order valence-corrected chi connectivity index (χ1v) is 5.95. The standard InChI is InChI=1S/C15H14N2O3/c1-10(2)20-14(18)15(9-16)7-6-11-8-12(19-3)4-5-13(11)17-15/h4-8,17H,1H2,2-3H3. The van der Waals surface area contributed by atoms with E-state index in [9.17, 15) is 10.1 Å². The van der Waals surface area contributed by atoms with Crippen LogP contribution in [0.15, 0.2) is 36.6 Å². The Kier molecular flexibility index (Phi) is 3.49. The molecule has 5 heteroatoms. The summed E-state index contributed by atoms with van der Waals surface area (Å²) in [5.74, 6) is 0.231. The molecule has 1 heterocycles. The highest BCUT2D eigenvalue weighted by Crippen LogP contribution is 2.31. The number of carbonyl (C=O) groups is 1. The van der Waals surface area contributed by atoms with E-state index in [4.69, 9.17) is 9.47 Å². The van der Waals surface area contributed by atoms with Crippen molar-refractivity contribution in [1.82, 2.24) is 0 Å². The Hall–Kier alpha value is -2.74. The van der Waals surface area contributed by atoms with Crippen molar-refractivity contribution in [2.75, 3.05) is 12.4 Å². The minimum atomic E-state index is -1.54. The van der Waals surface area contributed by atoms with E-state index in [0.29, 0.717) is 11.4 Å². The molecule has 0 bridgehead atoms. The van der Waals surface area contributed by atoms with E-state index >= 15 is 0 Å². The number of rotatable bonds is 3. The van der Waals surface area contributed by atoms with Crippen LogP contribution in [-0.2, 0) is 9.53 Å². The molecule has 0 spiro atoms. The molecular weight excluding hydrogens is 256 g/mol. The molecule has 1 aromatic rings.